The second kappa shape index (κ2) is 7.55. The normalized spacial score (nSPS) is 20.3. The first-order valence-electron chi connectivity index (χ1n) is 8.07. The molecule has 2 atom stereocenters. The lowest BCUT2D eigenvalue weighted by atomic mass is 10.2. The van der Waals surface area contributed by atoms with Crippen molar-refractivity contribution in [2.24, 2.45) is 0 Å². The molecule has 0 radical (unpaired) electrons. The number of benzene rings is 1. The van der Waals surface area contributed by atoms with E-state index in [0.29, 0.717) is 11.4 Å². The van der Waals surface area contributed by atoms with E-state index < -0.39 is 33.9 Å². The van der Waals surface area contributed by atoms with E-state index in [2.05, 4.69) is 10.3 Å². The van der Waals surface area contributed by atoms with Crippen molar-refractivity contribution in [1.29, 1.82) is 0 Å². The first-order chi connectivity index (χ1) is 12.3. The second-order valence-corrected chi connectivity index (χ2v) is 9.33. The molecular formula is C17H18N2O5S2. The van der Waals surface area contributed by atoms with Crippen LogP contribution >= 0.6 is 11.3 Å². The van der Waals surface area contributed by atoms with Gasteiger partial charge in [0.2, 0.25) is 0 Å². The molecule has 138 valence electrons. The summed E-state index contributed by atoms with van der Waals surface area (Å²) in [6.07, 6.45) is 2.14. The summed E-state index contributed by atoms with van der Waals surface area (Å²) in [5.74, 6) is -1.17. The molecule has 1 aliphatic heterocycles. The highest BCUT2D eigenvalue weighted by atomic mass is 32.2. The monoisotopic (exact) mass is 394 g/mol. The molecule has 2 heterocycles. The van der Waals surface area contributed by atoms with E-state index in [-0.39, 0.29) is 11.5 Å². The summed E-state index contributed by atoms with van der Waals surface area (Å²) in [7, 11) is -3.08. The minimum Gasteiger partial charge on any atom is -0.449 e. The predicted molar refractivity (Wildman–Crippen MR) is 99.4 cm³/mol. The third-order valence-corrected chi connectivity index (χ3v) is 6.68. The van der Waals surface area contributed by atoms with Crippen molar-refractivity contribution in [2.75, 3.05) is 11.5 Å². The van der Waals surface area contributed by atoms with E-state index in [1.165, 1.54) is 24.3 Å². The van der Waals surface area contributed by atoms with Crippen LogP contribution in [0.1, 0.15) is 18.4 Å². The fraction of sp³-hybridized carbons (Fsp3) is 0.353. The van der Waals surface area contributed by atoms with E-state index >= 15 is 0 Å². The number of fused-ring (bicyclic) bond motifs is 1. The highest BCUT2D eigenvalue weighted by Crippen LogP contribution is 2.22. The van der Waals surface area contributed by atoms with Gasteiger partial charge in [-0.25, -0.2) is 18.2 Å². The van der Waals surface area contributed by atoms with Gasteiger partial charge >= 0.3 is 5.97 Å². The Morgan fingerprint density at radius 3 is 2.85 bits per heavy atom. The van der Waals surface area contributed by atoms with Crippen LogP contribution in [0.4, 0.5) is 0 Å². The van der Waals surface area contributed by atoms with Crippen molar-refractivity contribution in [3.63, 3.8) is 0 Å². The number of carbonyl (C=O) groups is 2. The molecule has 26 heavy (non-hydrogen) atoms. The van der Waals surface area contributed by atoms with E-state index in [1.54, 1.807) is 6.08 Å². The van der Waals surface area contributed by atoms with Gasteiger partial charge in [0, 0.05) is 12.1 Å². The van der Waals surface area contributed by atoms with Crippen molar-refractivity contribution >= 4 is 49.3 Å². The fourth-order valence-electron chi connectivity index (χ4n) is 2.60. The number of para-hydroxylation sites is 1. The molecule has 0 unspecified atom stereocenters. The maximum atomic E-state index is 12.0. The van der Waals surface area contributed by atoms with Crippen LogP contribution in [0.25, 0.3) is 16.3 Å². The van der Waals surface area contributed by atoms with Gasteiger partial charge in [-0.15, -0.1) is 11.3 Å². The number of rotatable bonds is 5. The standard InChI is InChI=1S/C17H18N2O5S2/c1-11(17(21)18-12-8-9-26(22,23)10-12)24-16(20)7-6-15-19-13-4-2-3-5-14(13)25-15/h2-7,11-12H,8-10H2,1H3,(H,18,21)/b7-6+/t11-,12+/m0/s1. The van der Waals surface area contributed by atoms with Crippen molar-refractivity contribution in [2.45, 2.75) is 25.5 Å². The maximum absolute atomic E-state index is 12.0. The largest absolute Gasteiger partial charge is 0.449 e. The quantitative estimate of drug-likeness (QED) is 0.610. The molecule has 1 N–H and O–H groups in total. The number of amides is 1. The summed E-state index contributed by atoms with van der Waals surface area (Å²) in [5.41, 5.74) is 0.852. The maximum Gasteiger partial charge on any atom is 0.331 e. The minimum absolute atomic E-state index is 0.0665. The van der Waals surface area contributed by atoms with Crippen LogP contribution in [-0.4, -0.2) is 48.9 Å². The van der Waals surface area contributed by atoms with Gasteiger partial charge in [0.15, 0.2) is 15.9 Å². The molecule has 3 rings (SSSR count). The number of ether oxygens (including phenoxy) is 1. The van der Waals surface area contributed by atoms with Crippen LogP contribution < -0.4 is 5.32 Å². The average Bonchev–Trinajstić information content (AvgIpc) is 3.15. The molecule has 1 aromatic carbocycles. The zero-order valence-electron chi connectivity index (χ0n) is 14.0. The van der Waals surface area contributed by atoms with E-state index in [9.17, 15) is 18.0 Å². The molecule has 0 saturated carbocycles. The van der Waals surface area contributed by atoms with Crippen LogP contribution in [-0.2, 0) is 24.2 Å². The van der Waals surface area contributed by atoms with Crippen molar-refractivity contribution in [1.82, 2.24) is 10.3 Å². The Morgan fingerprint density at radius 2 is 2.15 bits per heavy atom. The Morgan fingerprint density at radius 1 is 1.38 bits per heavy atom. The van der Waals surface area contributed by atoms with Crippen LogP contribution in [0, 0.1) is 0 Å². The number of thiazole rings is 1. The van der Waals surface area contributed by atoms with Crippen LogP contribution in [0.15, 0.2) is 30.3 Å². The third kappa shape index (κ3) is 4.67. The lowest BCUT2D eigenvalue weighted by Gasteiger charge is -2.15. The van der Waals surface area contributed by atoms with Crippen LogP contribution in [0.5, 0.6) is 0 Å². The highest BCUT2D eigenvalue weighted by molar-refractivity contribution is 7.91. The Hall–Kier alpha value is -2.26. The van der Waals surface area contributed by atoms with Gasteiger partial charge in [0.05, 0.1) is 21.7 Å². The molecule has 1 amide bonds. The zero-order chi connectivity index (χ0) is 18.7. The Kier molecular flexibility index (Phi) is 5.38. The number of hydrogen-bond donors (Lipinski definition) is 1. The second-order valence-electron chi connectivity index (χ2n) is 6.04. The smallest absolute Gasteiger partial charge is 0.331 e. The average molecular weight is 394 g/mol. The molecule has 0 bridgehead atoms. The summed E-state index contributed by atoms with van der Waals surface area (Å²) in [5, 5.41) is 3.26. The first-order valence-corrected chi connectivity index (χ1v) is 10.7. The third-order valence-electron chi connectivity index (χ3n) is 3.91. The Balaban J connectivity index is 1.52. The number of esters is 1. The molecule has 1 aromatic heterocycles. The van der Waals surface area contributed by atoms with Gasteiger partial charge in [-0.2, -0.15) is 0 Å². The Bertz CT molecular complexity index is 931. The van der Waals surface area contributed by atoms with Gasteiger partial charge in [0.25, 0.3) is 5.91 Å². The number of nitrogens with one attached hydrogen (secondary N) is 1. The minimum atomic E-state index is -3.08. The SMILES string of the molecule is C[C@H](OC(=O)/C=C/c1nc2ccccc2s1)C(=O)N[C@@H]1CCS(=O)(=O)C1. The molecule has 0 spiro atoms. The zero-order valence-corrected chi connectivity index (χ0v) is 15.7. The predicted octanol–water partition coefficient (Wildman–Crippen LogP) is 1.54. The number of carbonyl (C=O) groups excluding carboxylic acids is 2. The molecule has 0 aliphatic carbocycles. The summed E-state index contributed by atoms with van der Waals surface area (Å²) in [4.78, 5) is 28.3. The molecule has 2 aromatic rings. The summed E-state index contributed by atoms with van der Waals surface area (Å²) in [6.45, 7) is 1.45. The number of sulfone groups is 1. The van der Waals surface area contributed by atoms with Gasteiger partial charge in [0.1, 0.15) is 5.01 Å². The number of nitrogens with zero attached hydrogens (tertiary/aromatic N) is 1. The molecule has 7 nitrogen and oxygen atoms in total. The van der Waals surface area contributed by atoms with Gasteiger partial charge in [-0.3, -0.25) is 4.79 Å². The topological polar surface area (TPSA) is 102 Å². The fourth-order valence-corrected chi connectivity index (χ4v) is 5.14. The Labute approximate surface area is 155 Å². The van der Waals surface area contributed by atoms with E-state index in [0.717, 1.165) is 10.2 Å². The van der Waals surface area contributed by atoms with E-state index in [1.807, 2.05) is 24.3 Å². The van der Waals surface area contributed by atoms with Crippen molar-refractivity contribution < 1.29 is 22.7 Å². The summed E-state index contributed by atoms with van der Waals surface area (Å²) < 4.78 is 28.9. The molecule has 1 fully saturated rings. The molecule has 1 aliphatic rings. The van der Waals surface area contributed by atoms with Gasteiger partial charge in [-0.1, -0.05) is 12.1 Å². The van der Waals surface area contributed by atoms with Gasteiger partial charge < -0.3 is 10.1 Å². The van der Waals surface area contributed by atoms with E-state index in [4.69, 9.17) is 4.74 Å². The molecule has 1 saturated heterocycles. The summed E-state index contributed by atoms with van der Waals surface area (Å²) >= 11 is 1.44. The van der Waals surface area contributed by atoms with Crippen molar-refractivity contribution in [3.8, 4) is 0 Å². The lowest BCUT2D eigenvalue weighted by Crippen LogP contribution is -2.42. The number of hydrogen-bond acceptors (Lipinski definition) is 7. The highest BCUT2D eigenvalue weighted by Gasteiger charge is 2.30. The van der Waals surface area contributed by atoms with Crippen molar-refractivity contribution in [3.05, 3.63) is 35.3 Å². The molecular weight excluding hydrogens is 376 g/mol. The van der Waals surface area contributed by atoms with Crippen LogP contribution in [0.2, 0.25) is 0 Å². The number of aromatic nitrogens is 1. The van der Waals surface area contributed by atoms with Crippen LogP contribution in [0.3, 0.4) is 0 Å². The molecule has 9 heteroatoms. The first kappa shape index (κ1) is 18.5. The summed E-state index contributed by atoms with van der Waals surface area (Å²) in [6, 6.07) is 7.21. The van der Waals surface area contributed by atoms with Gasteiger partial charge in [-0.05, 0) is 31.6 Å². The lowest BCUT2D eigenvalue weighted by molar-refractivity contribution is -0.150.